The Morgan fingerprint density at radius 3 is 1.72 bits per heavy atom. The molecule has 2 nitrogen and oxygen atoms in total. The largest absolute Gasteiger partial charge is 0.409 e. The zero-order valence-corrected chi connectivity index (χ0v) is 10.2. The smallest absolute Gasteiger partial charge is 0.351 e. The molecule has 108 valence electrons. The molecule has 0 heterocycles. The van der Waals surface area contributed by atoms with Crippen LogP contribution in [0.15, 0.2) is 0 Å². The van der Waals surface area contributed by atoms with E-state index in [1.165, 1.54) is 13.8 Å². The molecule has 9 heteroatoms. The number of nitrogens with one attached hydrogen (secondary N) is 1. The van der Waals surface area contributed by atoms with E-state index >= 15 is 0 Å². The Morgan fingerprint density at radius 2 is 1.50 bits per heavy atom. The van der Waals surface area contributed by atoms with Gasteiger partial charge in [-0.15, -0.1) is 11.6 Å². The summed E-state index contributed by atoms with van der Waals surface area (Å²) in [6, 6.07) is -0.952. The van der Waals surface area contributed by atoms with Gasteiger partial charge in [0.1, 0.15) is 0 Å². The number of carbonyl (C=O) groups excluding carboxylic acids is 1. The number of hydrogen-bond acceptors (Lipinski definition) is 1. The summed E-state index contributed by atoms with van der Waals surface area (Å²) in [5, 5.41) is 1.67. The monoisotopic (exact) mass is 299 g/mol. The van der Waals surface area contributed by atoms with Crippen LogP contribution >= 0.6 is 11.6 Å². The predicted molar refractivity (Wildman–Crippen MR) is 53.1 cm³/mol. The van der Waals surface area contributed by atoms with Gasteiger partial charge in [-0.25, -0.2) is 0 Å². The first kappa shape index (κ1) is 17.3. The zero-order chi connectivity index (χ0) is 14.7. The molecular weight excluding hydrogens is 288 g/mol. The van der Waals surface area contributed by atoms with Gasteiger partial charge in [-0.2, -0.15) is 26.3 Å². The Morgan fingerprint density at radius 1 is 1.11 bits per heavy atom. The Labute approximate surface area is 105 Å². The van der Waals surface area contributed by atoms with Gasteiger partial charge in [0, 0.05) is 11.9 Å². The van der Waals surface area contributed by atoms with E-state index in [1.54, 1.807) is 5.32 Å². The Balaban J connectivity index is 5.01. The van der Waals surface area contributed by atoms with Crippen molar-refractivity contribution in [3.63, 3.8) is 0 Å². The van der Waals surface area contributed by atoms with Gasteiger partial charge in [0.15, 0.2) is 0 Å². The van der Waals surface area contributed by atoms with Crippen LogP contribution in [0, 0.1) is 11.8 Å². The van der Waals surface area contributed by atoms with Crippen LogP contribution in [0.1, 0.15) is 13.8 Å². The van der Waals surface area contributed by atoms with Crippen molar-refractivity contribution in [3.05, 3.63) is 0 Å². The van der Waals surface area contributed by atoms with Gasteiger partial charge in [0.05, 0.1) is 0 Å². The fourth-order valence-corrected chi connectivity index (χ4v) is 1.57. The second-order valence-corrected chi connectivity index (χ2v) is 4.34. The minimum Gasteiger partial charge on any atom is -0.351 e. The average Bonchev–Trinajstić information content (AvgIpc) is 2.08. The zero-order valence-electron chi connectivity index (χ0n) is 9.49. The highest BCUT2D eigenvalue weighted by molar-refractivity contribution is 6.18. The second-order valence-electron chi connectivity index (χ2n) is 4.03. The van der Waals surface area contributed by atoms with Crippen LogP contribution in [0.2, 0.25) is 0 Å². The van der Waals surface area contributed by atoms with Crippen molar-refractivity contribution in [2.24, 2.45) is 11.8 Å². The van der Waals surface area contributed by atoms with Crippen molar-refractivity contribution < 1.29 is 31.1 Å². The quantitative estimate of drug-likeness (QED) is 0.627. The van der Waals surface area contributed by atoms with E-state index in [4.69, 9.17) is 11.6 Å². The van der Waals surface area contributed by atoms with Crippen molar-refractivity contribution in [2.45, 2.75) is 32.2 Å². The predicted octanol–water partition coefficient (Wildman–Crippen LogP) is 3.11. The number of alkyl halides is 7. The highest BCUT2D eigenvalue weighted by Gasteiger charge is 2.61. The van der Waals surface area contributed by atoms with Gasteiger partial charge in [-0.3, -0.25) is 4.79 Å². The molecule has 0 saturated carbocycles. The fraction of sp³-hybridized carbons (Fsp3) is 0.889. The Bertz CT molecular complexity index is 274. The molecule has 1 unspecified atom stereocenters. The van der Waals surface area contributed by atoms with Crippen molar-refractivity contribution in [2.75, 3.05) is 5.88 Å². The maximum Gasteiger partial charge on any atom is 0.409 e. The molecule has 0 radical (unpaired) electrons. The third-order valence-corrected chi connectivity index (χ3v) is 2.55. The lowest BCUT2D eigenvalue weighted by Crippen LogP contribution is -2.52. The van der Waals surface area contributed by atoms with Crippen LogP contribution in [0.5, 0.6) is 0 Å². The summed E-state index contributed by atoms with van der Waals surface area (Å²) in [6.07, 6.45) is -11.4. The fourth-order valence-electron chi connectivity index (χ4n) is 1.13. The maximum atomic E-state index is 12.2. The topological polar surface area (TPSA) is 29.1 Å². The highest BCUT2D eigenvalue weighted by Crippen LogP contribution is 2.39. The lowest BCUT2D eigenvalue weighted by molar-refractivity contribution is -0.274. The van der Waals surface area contributed by atoms with E-state index in [2.05, 4.69) is 0 Å². The number of rotatable bonds is 4. The van der Waals surface area contributed by atoms with Crippen molar-refractivity contribution in [1.29, 1.82) is 0 Å². The van der Waals surface area contributed by atoms with Crippen LogP contribution in [0.4, 0.5) is 26.3 Å². The number of carbonyl (C=O) groups is 1. The van der Waals surface area contributed by atoms with Crippen LogP contribution in [-0.2, 0) is 4.79 Å². The van der Waals surface area contributed by atoms with Crippen molar-refractivity contribution in [1.82, 2.24) is 5.32 Å². The van der Waals surface area contributed by atoms with E-state index in [1.807, 2.05) is 0 Å². The number of hydrogen-bond donors (Lipinski definition) is 1. The van der Waals surface area contributed by atoms with Gasteiger partial charge in [-0.05, 0) is 5.92 Å². The molecular formula is C9H12ClF6NO. The molecule has 18 heavy (non-hydrogen) atoms. The molecule has 0 saturated heterocycles. The molecule has 1 N–H and O–H groups in total. The normalized spacial score (nSPS) is 15.1. The highest BCUT2D eigenvalue weighted by atomic mass is 35.5. The van der Waals surface area contributed by atoms with Crippen LogP contribution in [0.25, 0.3) is 0 Å². The summed E-state index contributed by atoms with van der Waals surface area (Å²) in [5.74, 6) is -6.82. The van der Waals surface area contributed by atoms with Crippen LogP contribution in [0.3, 0.4) is 0 Å². The van der Waals surface area contributed by atoms with E-state index in [-0.39, 0.29) is 11.8 Å². The number of amides is 1. The number of halogens is 7. The lowest BCUT2D eigenvalue weighted by atomic mass is 10.0. The Hall–Kier alpha value is -0.660. The molecule has 1 amide bonds. The molecule has 0 aromatic heterocycles. The standard InChI is InChI=1S/C9H12ClF6NO/c1-4(2)5(3-10)17-7(18)6(8(11,12)13)9(14,15)16/h4-6H,3H2,1-2H3,(H,17,18). The molecule has 0 bridgehead atoms. The van der Waals surface area contributed by atoms with Gasteiger partial charge in [-0.1, -0.05) is 13.8 Å². The molecule has 0 aliphatic heterocycles. The summed E-state index contributed by atoms with van der Waals surface area (Å²) in [6.45, 7) is 3.03. The molecule has 0 spiro atoms. The average molecular weight is 300 g/mol. The minimum atomic E-state index is -5.68. The first-order chi connectivity index (χ1) is 7.91. The molecule has 0 aromatic carbocycles. The van der Waals surface area contributed by atoms with E-state index < -0.39 is 30.2 Å². The first-order valence-electron chi connectivity index (χ1n) is 4.91. The second kappa shape index (κ2) is 5.99. The summed E-state index contributed by atoms with van der Waals surface area (Å²) >= 11 is 5.36. The molecule has 0 aliphatic carbocycles. The maximum absolute atomic E-state index is 12.2. The molecule has 0 rings (SSSR count). The lowest BCUT2D eigenvalue weighted by Gasteiger charge is -2.26. The van der Waals surface area contributed by atoms with Crippen LogP contribution in [-0.4, -0.2) is 30.2 Å². The van der Waals surface area contributed by atoms with Crippen LogP contribution < -0.4 is 5.32 Å². The molecule has 1 atom stereocenters. The third-order valence-electron chi connectivity index (χ3n) is 2.22. The summed E-state index contributed by atoms with van der Waals surface area (Å²) in [7, 11) is 0. The van der Waals surface area contributed by atoms with E-state index in [0.717, 1.165) is 0 Å². The summed E-state index contributed by atoms with van der Waals surface area (Å²) in [5.41, 5.74) is 0. The SMILES string of the molecule is CC(C)C(CCl)NC(=O)C(C(F)(F)F)C(F)(F)F. The van der Waals surface area contributed by atoms with E-state index in [9.17, 15) is 31.1 Å². The van der Waals surface area contributed by atoms with Gasteiger partial charge in [0.2, 0.25) is 11.8 Å². The summed E-state index contributed by atoms with van der Waals surface area (Å²) in [4.78, 5) is 11.1. The third kappa shape index (κ3) is 4.91. The Kier molecular flexibility index (Phi) is 5.77. The van der Waals surface area contributed by atoms with E-state index in [0.29, 0.717) is 0 Å². The van der Waals surface area contributed by atoms with Crippen molar-refractivity contribution in [3.8, 4) is 0 Å². The van der Waals surface area contributed by atoms with Gasteiger partial charge in [0.25, 0.3) is 0 Å². The first-order valence-corrected chi connectivity index (χ1v) is 5.44. The van der Waals surface area contributed by atoms with Crippen molar-refractivity contribution >= 4 is 17.5 Å². The summed E-state index contributed by atoms with van der Waals surface area (Å²) < 4.78 is 73.2. The molecule has 0 aliphatic rings. The van der Waals surface area contributed by atoms with Gasteiger partial charge >= 0.3 is 12.4 Å². The molecule has 0 aromatic rings. The minimum absolute atomic E-state index is 0.272. The van der Waals surface area contributed by atoms with Gasteiger partial charge < -0.3 is 5.32 Å². The molecule has 0 fully saturated rings.